The summed E-state index contributed by atoms with van der Waals surface area (Å²) in [5, 5.41) is 0. The summed E-state index contributed by atoms with van der Waals surface area (Å²) >= 11 is 0. The SMILES string of the molecule is FC(F)(F)/C(=C(\C=C\c1ccccc1)CCc1ccccc1)N1CCOCC1. The largest absolute Gasteiger partial charge is 0.431 e. The topological polar surface area (TPSA) is 12.5 Å². The van der Waals surface area contributed by atoms with Gasteiger partial charge in [-0.25, -0.2) is 0 Å². The molecule has 2 aromatic rings. The van der Waals surface area contributed by atoms with Crippen molar-refractivity contribution in [1.82, 2.24) is 4.90 Å². The van der Waals surface area contributed by atoms with Crippen molar-refractivity contribution in [3.8, 4) is 0 Å². The number of morpholine rings is 1. The van der Waals surface area contributed by atoms with Gasteiger partial charge in [-0.1, -0.05) is 72.8 Å². The van der Waals surface area contributed by atoms with Crippen molar-refractivity contribution in [1.29, 1.82) is 0 Å². The molecule has 1 fully saturated rings. The van der Waals surface area contributed by atoms with Crippen molar-refractivity contribution >= 4 is 6.08 Å². The zero-order valence-electron chi connectivity index (χ0n) is 15.7. The lowest BCUT2D eigenvalue weighted by atomic mass is 10.0. The number of nitrogens with zero attached hydrogens (tertiary/aromatic N) is 1. The van der Waals surface area contributed by atoms with E-state index in [0.29, 0.717) is 31.6 Å². The van der Waals surface area contributed by atoms with Crippen LogP contribution in [0.25, 0.3) is 6.08 Å². The maximum atomic E-state index is 14.0. The fourth-order valence-electron chi connectivity index (χ4n) is 3.32. The molecule has 28 heavy (non-hydrogen) atoms. The van der Waals surface area contributed by atoms with Gasteiger partial charge >= 0.3 is 6.18 Å². The van der Waals surface area contributed by atoms with Crippen LogP contribution in [0.3, 0.4) is 0 Å². The molecule has 1 saturated heterocycles. The van der Waals surface area contributed by atoms with E-state index in [1.165, 1.54) is 4.90 Å². The minimum absolute atomic E-state index is 0.253. The molecule has 3 rings (SSSR count). The lowest BCUT2D eigenvalue weighted by Crippen LogP contribution is -2.41. The van der Waals surface area contributed by atoms with Crippen LogP contribution in [-0.4, -0.2) is 37.4 Å². The third-order valence-electron chi connectivity index (χ3n) is 4.70. The number of ether oxygens (including phenoxy) is 1. The van der Waals surface area contributed by atoms with Crippen molar-refractivity contribution in [3.63, 3.8) is 0 Å². The first kappa shape index (κ1) is 20.2. The molecule has 1 heterocycles. The minimum Gasteiger partial charge on any atom is -0.378 e. The Bertz CT molecular complexity index is 792. The number of halogens is 3. The van der Waals surface area contributed by atoms with Crippen LogP contribution in [0.5, 0.6) is 0 Å². The van der Waals surface area contributed by atoms with Gasteiger partial charge < -0.3 is 9.64 Å². The zero-order valence-corrected chi connectivity index (χ0v) is 15.7. The second-order valence-electron chi connectivity index (χ2n) is 6.70. The Balaban J connectivity index is 1.95. The third-order valence-corrected chi connectivity index (χ3v) is 4.70. The van der Waals surface area contributed by atoms with E-state index in [1.807, 2.05) is 60.7 Å². The summed E-state index contributed by atoms with van der Waals surface area (Å²) in [4.78, 5) is 1.42. The van der Waals surface area contributed by atoms with E-state index in [0.717, 1.165) is 11.1 Å². The van der Waals surface area contributed by atoms with Crippen molar-refractivity contribution in [2.45, 2.75) is 19.0 Å². The average Bonchev–Trinajstić information content (AvgIpc) is 2.71. The van der Waals surface area contributed by atoms with E-state index in [4.69, 9.17) is 4.74 Å². The lowest BCUT2D eigenvalue weighted by Gasteiger charge is -2.33. The lowest BCUT2D eigenvalue weighted by molar-refractivity contribution is -0.119. The van der Waals surface area contributed by atoms with Crippen LogP contribution in [0, 0.1) is 0 Å². The molecule has 0 unspecified atom stereocenters. The monoisotopic (exact) mass is 387 g/mol. The van der Waals surface area contributed by atoms with E-state index in [-0.39, 0.29) is 13.1 Å². The van der Waals surface area contributed by atoms with E-state index in [2.05, 4.69) is 0 Å². The molecule has 1 aliphatic rings. The molecule has 0 amide bonds. The van der Waals surface area contributed by atoms with Crippen molar-refractivity contribution < 1.29 is 17.9 Å². The second-order valence-corrected chi connectivity index (χ2v) is 6.70. The predicted molar refractivity (Wildman–Crippen MR) is 106 cm³/mol. The van der Waals surface area contributed by atoms with Crippen LogP contribution in [0.2, 0.25) is 0 Å². The summed E-state index contributed by atoms with van der Waals surface area (Å²) in [5.41, 5.74) is 1.67. The van der Waals surface area contributed by atoms with Gasteiger partial charge in [-0.15, -0.1) is 0 Å². The molecule has 0 saturated carbocycles. The molecule has 0 spiro atoms. The Morgan fingerprint density at radius 2 is 1.54 bits per heavy atom. The first-order chi connectivity index (χ1) is 13.5. The van der Waals surface area contributed by atoms with Gasteiger partial charge in [0.05, 0.1) is 13.2 Å². The molecule has 5 heteroatoms. The van der Waals surface area contributed by atoms with Gasteiger partial charge in [-0.3, -0.25) is 0 Å². The quantitative estimate of drug-likeness (QED) is 0.609. The number of allylic oxidation sites excluding steroid dienone is 3. The number of aryl methyl sites for hydroxylation is 1. The summed E-state index contributed by atoms with van der Waals surface area (Å²) in [6.07, 6.45) is -0.160. The normalized spacial score (nSPS) is 16.3. The maximum absolute atomic E-state index is 14.0. The number of alkyl halides is 3. The molecule has 148 valence electrons. The van der Waals surface area contributed by atoms with Gasteiger partial charge in [0.25, 0.3) is 0 Å². The Kier molecular flexibility index (Phi) is 6.93. The fourth-order valence-corrected chi connectivity index (χ4v) is 3.32. The molecule has 0 radical (unpaired) electrons. The highest BCUT2D eigenvalue weighted by Crippen LogP contribution is 2.34. The summed E-state index contributed by atoms with van der Waals surface area (Å²) in [5.74, 6) is 0. The van der Waals surface area contributed by atoms with Gasteiger partial charge in [0.2, 0.25) is 0 Å². The highest BCUT2D eigenvalue weighted by Gasteiger charge is 2.40. The molecule has 2 nitrogen and oxygen atoms in total. The van der Waals surface area contributed by atoms with E-state index in [9.17, 15) is 13.2 Å². The predicted octanol–water partition coefficient (Wildman–Crippen LogP) is 5.48. The van der Waals surface area contributed by atoms with Gasteiger partial charge in [-0.05, 0) is 29.5 Å². The zero-order chi connectivity index (χ0) is 19.8. The summed E-state index contributed by atoms with van der Waals surface area (Å²) in [7, 11) is 0. The van der Waals surface area contributed by atoms with Gasteiger partial charge in [-0.2, -0.15) is 13.2 Å². The van der Waals surface area contributed by atoms with E-state index >= 15 is 0 Å². The van der Waals surface area contributed by atoms with Crippen molar-refractivity contribution in [2.75, 3.05) is 26.3 Å². The van der Waals surface area contributed by atoms with Crippen LogP contribution in [0.15, 0.2) is 78.0 Å². The first-order valence-corrected chi connectivity index (χ1v) is 9.44. The van der Waals surface area contributed by atoms with Gasteiger partial charge in [0, 0.05) is 13.1 Å². The number of hydrogen-bond donors (Lipinski definition) is 0. The molecule has 0 atom stereocenters. The standard InChI is InChI=1S/C23H24F3NO/c24-23(25,26)22(27-15-17-28-18-16-27)21(13-11-19-7-3-1-4-8-19)14-12-20-9-5-2-6-10-20/h1-11,13H,12,14-18H2/b13-11+,22-21-. The smallest absolute Gasteiger partial charge is 0.378 e. The van der Waals surface area contributed by atoms with Crippen molar-refractivity contribution in [3.05, 3.63) is 89.1 Å². The number of hydrogen-bond acceptors (Lipinski definition) is 2. The van der Waals surface area contributed by atoms with Gasteiger partial charge in [0.1, 0.15) is 5.70 Å². The molecule has 0 bridgehead atoms. The molecule has 1 aliphatic heterocycles. The minimum atomic E-state index is -4.41. The fraction of sp³-hybridized carbons (Fsp3) is 0.304. The van der Waals surface area contributed by atoms with Crippen LogP contribution < -0.4 is 0 Å². The first-order valence-electron chi connectivity index (χ1n) is 9.44. The average molecular weight is 387 g/mol. The number of rotatable bonds is 6. The summed E-state index contributed by atoms with van der Waals surface area (Å²) in [6.45, 7) is 1.13. The summed E-state index contributed by atoms with van der Waals surface area (Å²) < 4.78 is 47.3. The highest BCUT2D eigenvalue weighted by molar-refractivity contribution is 5.53. The maximum Gasteiger partial charge on any atom is 0.431 e. The molecule has 2 aromatic carbocycles. The van der Waals surface area contributed by atoms with Crippen LogP contribution in [0.1, 0.15) is 17.5 Å². The Hall–Kier alpha value is -2.53. The molecule has 0 aromatic heterocycles. The van der Waals surface area contributed by atoms with Crippen LogP contribution in [-0.2, 0) is 11.2 Å². The van der Waals surface area contributed by atoms with E-state index in [1.54, 1.807) is 12.2 Å². The van der Waals surface area contributed by atoms with Crippen LogP contribution in [0.4, 0.5) is 13.2 Å². The molecule has 0 N–H and O–H groups in total. The number of benzene rings is 2. The molecule has 0 aliphatic carbocycles. The Morgan fingerprint density at radius 3 is 2.14 bits per heavy atom. The summed E-state index contributed by atoms with van der Waals surface area (Å²) in [6, 6.07) is 19.0. The molecular formula is C23H24F3NO. The second kappa shape index (κ2) is 9.60. The Morgan fingerprint density at radius 1 is 0.929 bits per heavy atom. The molecular weight excluding hydrogens is 363 g/mol. The highest BCUT2D eigenvalue weighted by atomic mass is 19.4. The van der Waals surface area contributed by atoms with Crippen LogP contribution >= 0.6 is 0 Å². The van der Waals surface area contributed by atoms with Crippen molar-refractivity contribution in [2.24, 2.45) is 0 Å². The van der Waals surface area contributed by atoms with Gasteiger partial charge in [0.15, 0.2) is 0 Å². The van der Waals surface area contributed by atoms with E-state index < -0.39 is 11.9 Å². The Labute approximate surface area is 163 Å². The third kappa shape index (κ3) is 5.73.